The van der Waals surface area contributed by atoms with E-state index in [0.29, 0.717) is 12.2 Å². The molecule has 0 aliphatic heterocycles. The quantitative estimate of drug-likeness (QED) is 0.821. The minimum absolute atomic E-state index is 0.142. The number of hydrogen-bond donors (Lipinski definition) is 2. The van der Waals surface area contributed by atoms with Gasteiger partial charge in [-0.3, -0.25) is 9.59 Å². The fourth-order valence-electron chi connectivity index (χ4n) is 1.98. The number of carbonyl (C=O) groups excluding carboxylic acids is 2. The lowest BCUT2D eigenvalue weighted by Gasteiger charge is -2.13. The molecule has 0 saturated carbocycles. The van der Waals surface area contributed by atoms with E-state index < -0.39 is 11.8 Å². The molecule has 2 aromatic carbocycles. The molecule has 1 atom stereocenters. The van der Waals surface area contributed by atoms with Crippen LogP contribution in [0.15, 0.2) is 59.1 Å². The fraction of sp³-hybridized carbons (Fsp3) is 0.176. The van der Waals surface area contributed by atoms with Gasteiger partial charge in [0.15, 0.2) is 0 Å². The number of rotatable bonds is 4. The molecule has 5 heteroatoms. The van der Waals surface area contributed by atoms with Crippen LogP contribution in [0.25, 0.3) is 0 Å². The van der Waals surface area contributed by atoms with Gasteiger partial charge in [0, 0.05) is 16.7 Å². The van der Waals surface area contributed by atoms with Crippen LogP contribution < -0.4 is 10.6 Å². The van der Waals surface area contributed by atoms with Crippen LogP contribution in [0.5, 0.6) is 0 Å². The van der Waals surface area contributed by atoms with E-state index in [1.165, 1.54) is 0 Å². The maximum absolute atomic E-state index is 11.8. The van der Waals surface area contributed by atoms with Gasteiger partial charge in [-0.1, -0.05) is 59.3 Å². The highest BCUT2D eigenvalue weighted by Crippen LogP contribution is 2.15. The molecule has 0 aromatic heterocycles. The van der Waals surface area contributed by atoms with E-state index in [2.05, 4.69) is 26.6 Å². The molecule has 2 amide bonds. The van der Waals surface area contributed by atoms with Gasteiger partial charge < -0.3 is 10.6 Å². The second-order valence-corrected chi connectivity index (χ2v) is 5.90. The second-order valence-electron chi connectivity index (χ2n) is 4.99. The highest BCUT2D eigenvalue weighted by atomic mass is 79.9. The average molecular weight is 361 g/mol. The summed E-state index contributed by atoms with van der Waals surface area (Å²) >= 11 is 3.31. The fourth-order valence-corrected chi connectivity index (χ4v) is 2.38. The molecule has 0 unspecified atom stereocenters. The van der Waals surface area contributed by atoms with Gasteiger partial charge in [0.2, 0.25) is 0 Å². The zero-order chi connectivity index (χ0) is 15.9. The van der Waals surface area contributed by atoms with Gasteiger partial charge in [-0.25, -0.2) is 0 Å². The first-order valence-corrected chi connectivity index (χ1v) is 7.75. The topological polar surface area (TPSA) is 58.2 Å². The summed E-state index contributed by atoms with van der Waals surface area (Å²) in [5, 5.41) is 5.22. The number of benzene rings is 2. The number of anilines is 1. The van der Waals surface area contributed by atoms with Crippen molar-refractivity contribution in [3.05, 3.63) is 64.6 Å². The van der Waals surface area contributed by atoms with E-state index in [9.17, 15) is 9.59 Å². The number of carbonyl (C=O) groups is 2. The molecule has 0 radical (unpaired) electrons. The Hall–Kier alpha value is -2.14. The van der Waals surface area contributed by atoms with Gasteiger partial charge in [-0.15, -0.1) is 0 Å². The van der Waals surface area contributed by atoms with E-state index in [1.807, 2.05) is 43.3 Å². The van der Waals surface area contributed by atoms with Gasteiger partial charge in [-0.05, 0) is 29.7 Å². The molecule has 0 aliphatic rings. The summed E-state index contributed by atoms with van der Waals surface area (Å²) in [5.41, 5.74) is 1.70. The molecule has 0 aliphatic carbocycles. The average Bonchev–Trinajstić information content (AvgIpc) is 2.53. The first-order chi connectivity index (χ1) is 10.6. The Labute approximate surface area is 138 Å². The van der Waals surface area contributed by atoms with E-state index in [-0.39, 0.29) is 5.92 Å². The highest BCUT2D eigenvalue weighted by molar-refractivity contribution is 9.10. The van der Waals surface area contributed by atoms with Gasteiger partial charge in [-0.2, -0.15) is 0 Å². The maximum Gasteiger partial charge on any atom is 0.313 e. The summed E-state index contributed by atoms with van der Waals surface area (Å²) < 4.78 is 0.836. The van der Waals surface area contributed by atoms with Crippen molar-refractivity contribution in [1.29, 1.82) is 0 Å². The van der Waals surface area contributed by atoms with Crippen LogP contribution in [-0.4, -0.2) is 18.4 Å². The van der Waals surface area contributed by atoms with Crippen LogP contribution in [0.4, 0.5) is 5.69 Å². The Balaban J connectivity index is 1.85. The molecule has 0 spiro atoms. The third-order valence-corrected chi connectivity index (χ3v) is 3.72. The monoisotopic (exact) mass is 360 g/mol. The summed E-state index contributed by atoms with van der Waals surface area (Å²) in [7, 11) is 0. The number of halogens is 1. The van der Waals surface area contributed by atoms with Crippen LogP contribution in [0.3, 0.4) is 0 Å². The molecule has 0 heterocycles. The SMILES string of the molecule is C[C@@H](CNC(=O)C(=O)Nc1cccc(Br)c1)c1ccccc1. The van der Waals surface area contributed by atoms with Crippen molar-refractivity contribution in [3.8, 4) is 0 Å². The largest absolute Gasteiger partial charge is 0.347 e. The van der Waals surface area contributed by atoms with E-state index in [0.717, 1.165) is 10.0 Å². The summed E-state index contributed by atoms with van der Waals surface area (Å²) in [6.07, 6.45) is 0. The second kappa shape index (κ2) is 7.75. The molecule has 0 fully saturated rings. The lowest BCUT2D eigenvalue weighted by atomic mass is 10.0. The van der Waals surface area contributed by atoms with Crippen molar-refractivity contribution in [1.82, 2.24) is 5.32 Å². The molecule has 4 nitrogen and oxygen atoms in total. The number of nitrogens with one attached hydrogen (secondary N) is 2. The van der Waals surface area contributed by atoms with Crippen molar-refractivity contribution in [2.45, 2.75) is 12.8 Å². The molecule has 22 heavy (non-hydrogen) atoms. The lowest BCUT2D eigenvalue weighted by molar-refractivity contribution is -0.136. The minimum Gasteiger partial charge on any atom is -0.347 e. The van der Waals surface area contributed by atoms with Crippen molar-refractivity contribution in [2.24, 2.45) is 0 Å². The predicted octanol–water partition coefficient (Wildman–Crippen LogP) is 3.31. The van der Waals surface area contributed by atoms with Crippen LogP contribution in [0, 0.1) is 0 Å². The van der Waals surface area contributed by atoms with Gasteiger partial charge in [0.1, 0.15) is 0 Å². The third kappa shape index (κ3) is 4.70. The van der Waals surface area contributed by atoms with Crippen LogP contribution in [-0.2, 0) is 9.59 Å². The van der Waals surface area contributed by atoms with Crippen molar-refractivity contribution in [2.75, 3.05) is 11.9 Å². The molecular weight excluding hydrogens is 344 g/mol. The zero-order valence-corrected chi connectivity index (χ0v) is 13.8. The van der Waals surface area contributed by atoms with E-state index >= 15 is 0 Å². The Morgan fingerprint density at radius 1 is 1.05 bits per heavy atom. The van der Waals surface area contributed by atoms with Crippen molar-refractivity contribution in [3.63, 3.8) is 0 Å². The van der Waals surface area contributed by atoms with Gasteiger partial charge in [0.25, 0.3) is 0 Å². The van der Waals surface area contributed by atoms with Crippen LogP contribution in [0.1, 0.15) is 18.4 Å². The lowest BCUT2D eigenvalue weighted by Crippen LogP contribution is -2.37. The standard InChI is InChI=1S/C17H17BrN2O2/c1-12(13-6-3-2-4-7-13)11-19-16(21)17(22)20-15-9-5-8-14(18)10-15/h2-10,12H,11H2,1H3,(H,19,21)(H,20,22)/t12-/m0/s1. The van der Waals surface area contributed by atoms with Gasteiger partial charge >= 0.3 is 11.8 Å². The first kappa shape index (κ1) is 16.2. The minimum atomic E-state index is -0.668. The molecule has 0 saturated heterocycles. The van der Waals surface area contributed by atoms with E-state index in [1.54, 1.807) is 18.2 Å². The maximum atomic E-state index is 11.8. The molecule has 0 bridgehead atoms. The van der Waals surface area contributed by atoms with E-state index in [4.69, 9.17) is 0 Å². The molecule has 2 rings (SSSR count). The summed E-state index contributed by atoms with van der Waals surface area (Å²) in [4.78, 5) is 23.7. The molecule has 2 aromatic rings. The summed E-state index contributed by atoms with van der Waals surface area (Å²) in [6.45, 7) is 2.41. The normalized spacial score (nSPS) is 11.5. The third-order valence-electron chi connectivity index (χ3n) is 3.23. The molecule has 2 N–H and O–H groups in total. The van der Waals surface area contributed by atoms with Crippen LogP contribution >= 0.6 is 15.9 Å². The highest BCUT2D eigenvalue weighted by Gasteiger charge is 2.15. The summed E-state index contributed by atoms with van der Waals surface area (Å²) in [5.74, 6) is -1.16. The Morgan fingerprint density at radius 3 is 2.45 bits per heavy atom. The van der Waals surface area contributed by atoms with Gasteiger partial charge in [0.05, 0.1) is 0 Å². The molecular formula is C17H17BrN2O2. The first-order valence-electron chi connectivity index (χ1n) is 6.96. The molecule has 114 valence electrons. The zero-order valence-electron chi connectivity index (χ0n) is 12.2. The Kier molecular flexibility index (Phi) is 5.72. The Morgan fingerprint density at radius 2 is 1.77 bits per heavy atom. The number of hydrogen-bond acceptors (Lipinski definition) is 2. The van der Waals surface area contributed by atoms with Crippen molar-refractivity contribution >= 4 is 33.4 Å². The predicted molar refractivity (Wildman–Crippen MR) is 90.6 cm³/mol. The number of amides is 2. The van der Waals surface area contributed by atoms with Crippen LogP contribution in [0.2, 0.25) is 0 Å². The Bertz CT molecular complexity index is 659. The smallest absolute Gasteiger partial charge is 0.313 e. The van der Waals surface area contributed by atoms with Crippen molar-refractivity contribution < 1.29 is 9.59 Å². The summed E-state index contributed by atoms with van der Waals surface area (Å²) in [6, 6.07) is 16.9.